The van der Waals surface area contributed by atoms with Crippen LogP contribution in [-0.4, -0.2) is 5.75 Å². The van der Waals surface area contributed by atoms with Crippen molar-refractivity contribution in [2.75, 3.05) is 5.75 Å². The third kappa shape index (κ3) is 24.6. The van der Waals surface area contributed by atoms with E-state index >= 15 is 0 Å². The van der Waals surface area contributed by atoms with Gasteiger partial charge in [0.15, 0.2) is 0 Å². The fraction of sp³-hybridized carbons (Fsp3) is 1.00. The summed E-state index contributed by atoms with van der Waals surface area (Å²) in [5.41, 5.74) is 0. The van der Waals surface area contributed by atoms with Crippen LogP contribution in [0.2, 0.25) is 0 Å². The molecule has 25 heavy (non-hydrogen) atoms. The Morgan fingerprint density at radius 3 is 1.20 bits per heavy atom. The fourth-order valence-electron chi connectivity index (χ4n) is 3.16. The molecule has 152 valence electrons. The van der Waals surface area contributed by atoms with Gasteiger partial charge in [-0.05, 0) is 42.8 Å². The van der Waals surface area contributed by atoms with Crippen LogP contribution in [0.15, 0.2) is 0 Å². The topological polar surface area (TPSA) is 0 Å². The standard InChI is InChI=1S/C20H41I2PS2/c1-2-3-4-5-6-7-8-9-10-11-12-13-14-15-16-17-18-19-20-24-23(21)25-22/h2-20H2,1H3. The second-order valence-corrected chi connectivity index (χ2v) is 22.8. The number of rotatable bonds is 21. The monoisotopic (exact) mass is 630 g/mol. The van der Waals surface area contributed by atoms with E-state index in [1.54, 1.807) is 0 Å². The van der Waals surface area contributed by atoms with E-state index in [0.29, 0.717) is 0 Å². The van der Waals surface area contributed by atoms with Crippen molar-refractivity contribution in [2.45, 2.75) is 122 Å². The Labute approximate surface area is 193 Å². The van der Waals surface area contributed by atoms with E-state index in [0.717, 1.165) is 0 Å². The summed E-state index contributed by atoms with van der Waals surface area (Å²) in [5, 5.41) is 0. The van der Waals surface area contributed by atoms with Crippen LogP contribution in [0.1, 0.15) is 122 Å². The molecule has 1 atom stereocenters. The molecule has 0 aromatic carbocycles. The fourth-order valence-corrected chi connectivity index (χ4v) is 10.5. The highest BCUT2D eigenvalue weighted by molar-refractivity contribution is 14.2. The molecule has 0 saturated heterocycles. The predicted octanol–water partition coefficient (Wildman–Crippen LogP) is 11.5. The van der Waals surface area contributed by atoms with Gasteiger partial charge in [0.25, 0.3) is 0 Å². The Hall–Kier alpha value is 2.59. The minimum Gasteiger partial charge on any atom is -0.112 e. The first-order chi connectivity index (χ1) is 12.3. The van der Waals surface area contributed by atoms with Crippen molar-refractivity contribution in [3.05, 3.63) is 0 Å². The molecule has 0 saturated carbocycles. The van der Waals surface area contributed by atoms with E-state index in [2.05, 4.69) is 61.6 Å². The molecule has 0 fully saturated rings. The van der Waals surface area contributed by atoms with E-state index in [4.69, 9.17) is 0 Å². The smallest absolute Gasteiger partial charge is 0.0887 e. The Kier molecular flexibility index (Phi) is 27.2. The lowest BCUT2D eigenvalue weighted by Gasteiger charge is -2.05. The maximum absolute atomic E-state index is 2.59. The average Bonchev–Trinajstić information content (AvgIpc) is 2.63. The molecule has 0 aromatic heterocycles. The molecule has 0 nitrogen and oxygen atoms in total. The maximum Gasteiger partial charge on any atom is 0.0887 e. The molecule has 0 amide bonds. The van der Waals surface area contributed by atoms with Crippen LogP contribution >= 0.6 is 67.1 Å². The largest absolute Gasteiger partial charge is 0.112 e. The van der Waals surface area contributed by atoms with Gasteiger partial charge in [0, 0.05) is 21.2 Å². The predicted molar refractivity (Wildman–Crippen MR) is 144 cm³/mol. The van der Waals surface area contributed by atoms with Gasteiger partial charge in [-0.25, -0.2) is 0 Å². The summed E-state index contributed by atoms with van der Waals surface area (Å²) in [5.74, 6) is 1.38. The molecule has 0 aliphatic rings. The van der Waals surface area contributed by atoms with E-state index in [1.807, 2.05) is 8.55 Å². The Balaban J connectivity index is 2.98. The Morgan fingerprint density at radius 1 is 0.560 bits per heavy atom. The third-order valence-electron chi connectivity index (χ3n) is 4.74. The van der Waals surface area contributed by atoms with Gasteiger partial charge in [-0.1, -0.05) is 116 Å². The van der Waals surface area contributed by atoms with Gasteiger partial charge in [-0.15, -0.1) is 11.4 Å². The Bertz CT molecular complexity index is 246. The van der Waals surface area contributed by atoms with Gasteiger partial charge in [-0.2, -0.15) is 0 Å². The normalized spacial score (nSPS) is 12.6. The highest BCUT2D eigenvalue weighted by Gasteiger charge is 2.01. The van der Waals surface area contributed by atoms with Gasteiger partial charge in [0.2, 0.25) is 0 Å². The molecule has 0 aliphatic carbocycles. The van der Waals surface area contributed by atoms with Crippen LogP contribution in [0, 0.1) is 0 Å². The van der Waals surface area contributed by atoms with Gasteiger partial charge in [-0.3, -0.25) is 0 Å². The number of halogens is 2. The Morgan fingerprint density at radius 2 is 0.880 bits per heavy atom. The molecular weight excluding hydrogens is 589 g/mol. The summed E-state index contributed by atoms with van der Waals surface area (Å²) in [7, 11) is 2.00. The summed E-state index contributed by atoms with van der Waals surface area (Å²) in [6.07, 6.45) is 26.4. The molecule has 0 bridgehead atoms. The molecule has 1 unspecified atom stereocenters. The highest BCUT2D eigenvalue weighted by atomic mass is 127. The van der Waals surface area contributed by atoms with Gasteiger partial charge < -0.3 is 0 Å². The first kappa shape index (κ1) is 27.6. The van der Waals surface area contributed by atoms with Crippen LogP contribution < -0.4 is 0 Å². The second kappa shape index (κ2) is 24.6. The molecule has 0 heterocycles. The summed E-state index contributed by atoms with van der Waals surface area (Å²) >= 11 is 7.20. The number of hydrogen-bond donors (Lipinski definition) is 0. The minimum atomic E-state index is 0.166. The molecule has 0 spiro atoms. The molecular formula is C20H41I2PS2. The molecule has 0 rings (SSSR count). The first-order valence-electron chi connectivity index (χ1n) is 10.7. The van der Waals surface area contributed by atoms with E-state index in [1.165, 1.54) is 121 Å². The van der Waals surface area contributed by atoms with Gasteiger partial charge in [0.05, 0.1) is 3.97 Å². The summed E-state index contributed by atoms with van der Waals surface area (Å²) < 4.78 is 0.166. The number of unbranched alkanes of at least 4 members (excludes halogenated alkanes) is 17. The van der Waals surface area contributed by atoms with Crippen molar-refractivity contribution in [1.82, 2.24) is 0 Å². The van der Waals surface area contributed by atoms with Crippen LogP contribution in [0.3, 0.4) is 0 Å². The molecule has 0 N–H and O–H groups in total. The summed E-state index contributed by atoms with van der Waals surface area (Å²) in [6, 6.07) is 0. The summed E-state index contributed by atoms with van der Waals surface area (Å²) in [4.78, 5) is 0. The van der Waals surface area contributed by atoms with Crippen LogP contribution in [0.5, 0.6) is 0 Å². The van der Waals surface area contributed by atoms with E-state index < -0.39 is 0 Å². The van der Waals surface area contributed by atoms with Crippen molar-refractivity contribution < 1.29 is 0 Å². The molecule has 0 aromatic rings. The molecule has 0 aliphatic heterocycles. The zero-order chi connectivity index (χ0) is 18.4. The zero-order valence-corrected chi connectivity index (χ0v) is 23.3. The number of hydrogen-bond acceptors (Lipinski definition) is 2. The maximum atomic E-state index is 2.59. The van der Waals surface area contributed by atoms with Crippen LogP contribution in [0.4, 0.5) is 0 Å². The lowest BCUT2D eigenvalue weighted by Crippen LogP contribution is -1.84. The zero-order valence-electron chi connectivity index (χ0n) is 16.5. The minimum absolute atomic E-state index is 0.166. The van der Waals surface area contributed by atoms with Gasteiger partial charge >= 0.3 is 0 Å². The average molecular weight is 630 g/mol. The lowest BCUT2D eigenvalue weighted by atomic mass is 10.0. The van der Waals surface area contributed by atoms with Crippen molar-refractivity contribution in [2.24, 2.45) is 0 Å². The van der Waals surface area contributed by atoms with Crippen molar-refractivity contribution in [3.63, 3.8) is 0 Å². The molecule has 0 radical (unpaired) electrons. The molecule has 5 heteroatoms. The summed E-state index contributed by atoms with van der Waals surface area (Å²) in [6.45, 7) is 2.30. The van der Waals surface area contributed by atoms with Gasteiger partial charge in [0.1, 0.15) is 0 Å². The highest BCUT2D eigenvalue weighted by Crippen LogP contribution is 2.70. The lowest BCUT2D eigenvalue weighted by molar-refractivity contribution is 0.527. The van der Waals surface area contributed by atoms with Crippen molar-refractivity contribution in [1.29, 1.82) is 0 Å². The van der Waals surface area contributed by atoms with E-state index in [-0.39, 0.29) is 3.97 Å². The van der Waals surface area contributed by atoms with Crippen LogP contribution in [0.25, 0.3) is 0 Å². The van der Waals surface area contributed by atoms with E-state index in [9.17, 15) is 0 Å². The van der Waals surface area contributed by atoms with Crippen molar-refractivity contribution >= 4 is 67.1 Å². The quantitative estimate of drug-likeness (QED) is 0.0703. The van der Waals surface area contributed by atoms with Crippen LogP contribution in [-0.2, 0) is 0 Å². The SMILES string of the molecule is CCCCCCCCCCCCCCCCCCCCSP(I)SI. The third-order valence-corrected chi connectivity index (χ3v) is 25.6. The van der Waals surface area contributed by atoms with Crippen molar-refractivity contribution in [3.8, 4) is 0 Å². The second-order valence-electron chi connectivity index (χ2n) is 7.13. The first-order valence-corrected chi connectivity index (χ1v) is 20.4.